The molecule has 2 aromatic heterocycles. The number of nitrogens with one attached hydrogen (secondary N) is 2. The number of amides is 2. The van der Waals surface area contributed by atoms with Gasteiger partial charge in [0, 0.05) is 18.0 Å². The number of anilines is 2. The van der Waals surface area contributed by atoms with Crippen molar-refractivity contribution >= 4 is 56.2 Å². The van der Waals surface area contributed by atoms with Gasteiger partial charge < -0.3 is 36.0 Å². The lowest BCUT2D eigenvalue weighted by molar-refractivity contribution is -0.657. The van der Waals surface area contributed by atoms with Gasteiger partial charge in [-0.1, -0.05) is 17.3 Å². The van der Waals surface area contributed by atoms with Gasteiger partial charge in [0.15, 0.2) is 10.8 Å². The molecule has 20 heteroatoms. The number of nitrogens with zero attached hydrogens (tertiary/aromatic N) is 4. The van der Waals surface area contributed by atoms with E-state index in [4.69, 9.17) is 21.0 Å². The number of pyridine rings is 1. The first-order valence-corrected chi connectivity index (χ1v) is 16.0. The molecule has 0 spiro atoms. The molecule has 4 rings (SSSR count). The maximum Gasteiger partial charge on any atom is 0.351 e. The van der Waals surface area contributed by atoms with Crippen molar-refractivity contribution in [3.8, 4) is 16.9 Å². The molecule has 252 valence electrons. The maximum atomic E-state index is 13.2. The number of ether oxygens (including phenoxy) is 1. The number of hydroxylamine groups is 2. The number of oxime groups is 1. The molecule has 47 heavy (non-hydrogen) atoms. The zero-order valence-electron chi connectivity index (χ0n) is 25.3. The van der Waals surface area contributed by atoms with Crippen LogP contribution < -0.4 is 31.4 Å². The lowest BCUT2D eigenvalue weighted by atomic mass is 9.84. The molecule has 7 N–H and O–H groups in total. The monoisotopic (exact) mass is 692 g/mol. The lowest BCUT2D eigenvalue weighted by Crippen LogP contribution is -2.76. The van der Waals surface area contributed by atoms with E-state index in [1.807, 2.05) is 29.9 Å². The van der Waals surface area contributed by atoms with Crippen molar-refractivity contribution in [1.29, 1.82) is 0 Å². The second kappa shape index (κ2) is 14.3. The number of rotatable bonds is 15. The van der Waals surface area contributed by atoms with Crippen molar-refractivity contribution < 1.29 is 50.9 Å². The van der Waals surface area contributed by atoms with Crippen LogP contribution in [0, 0.1) is 0 Å². The number of β-lactam (4-membered cyclic amide) rings is 1. The number of thiazole rings is 1. The first-order valence-electron chi connectivity index (χ1n) is 13.8. The quantitative estimate of drug-likeness (QED) is 0.0331. The number of benzene rings is 1. The molecule has 2 amide bonds. The fourth-order valence-electron chi connectivity index (χ4n) is 4.32. The summed E-state index contributed by atoms with van der Waals surface area (Å²) < 4.78 is 44.7. The molecule has 1 fully saturated rings. The normalized spacial score (nSPS) is 16.6. The summed E-state index contributed by atoms with van der Waals surface area (Å²) in [6, 6.07) is 9.43. The van der Waals surface area contributed by atoms with E-state index in [9.17, 15) is 32.5 Å². The van der Waals surface area contributed by atoms with E-state index < -0.39 is 58.2 Å². The number of hydrogen-bond donors (Lipinski definition) is 5. The van der Waals surface area contributed by atoms with Gasteiger partial charge in [-0.25, -0.2) is 22.8 Å². The van der Waals surface area contributed by atoms with Crippen LogP contribution in [0.5, 0.6) is 5.75 Å². The van der Waals surface area contributed by atoms with Crippen molar-refractivity contribution in [2.24, 2.45) is 17.9 Å². The second-order valence-electron chi connectivity index (χ2n) is 10.6. The van der Waals surface area contributed by atoms with Gasteiger partial charge in [0.2, 0.25) is 10.4 Å². The Labute approximate surface area is 272 Å². The van der Waals surface area contributed by atoms with Crippen LogP contribution in [-0.2, 0) is 41.0 Å². The first kappa shape index (κ1) is 35.0. The average Bonchev–Trinajstić information content (AvgIpc) is 3.44. The molecule has 0 aliphatic carbocycles. The Balaban J connectivity index is 1.45. The van der Waals surface area contributed by atoms with Crippen LogP contribution in [0.3, 0.4) is 0 Å². The molecule has 3 heterocycles. The van der Waals surface area contributed by atoms with E-state index in [-0.39, 0.29) is 10.8 Å². The molecule has 18 nitrogen and oxygen atoms in total. The van der Waals surface area contributed by atoms with Crippen LogP contribution in [0.15, 0.2) is 53.1 Å². The number of aromatic nitrogens is 2. The molecule has 0 radical (unpaired) electrons. The van der Waals surface area contributed by atoms with Gasteiger partial charge in [0.1, 0.15) is 24.1 Å². The zero-order chi connectivity index (χ0) is 34.5. The van der Waals surface area contributed by atoms with Gasteiger partial charge >= 0.3 is 5.97 Å². The Morgan fingerprint density at radius 1 is 1.26 bits per heavy atom. The Bertz CT molecular complexity index is 1780. The molecule has 1 aliphatic rings. The average molecular weight is 693 g/mol. The Hall–Kier alpha value is -4.89. The molecule has 1 saturated heterocycles. The Kier molecular flexibility index (Phi) is 10.6. The number of nitrogens with two attached hydrogens (primary N) is 2. The van der Waals surface area contributed by atoms with E-state index in [0.29, 0.717) is 23.9 Å². The van der Waals surface area contributed by atoms with Gasteiger partial charge in [-0.2, -0.15) is 9.35 Å². The van der Waals surface area contributed by atoms with E-state index >= 15 is 0 Å². The molecule has 2 atom stereocenters. The minimum Gasteiger partial charge on any atom is -0.724 e. The van der Waals surface area contributed by atoms with Crippen molar-refractivity contribution in [2.45, 2.75) is 31.5 Å². The van der Waals surface area contributed by atoms with Crippen LogP contribution in [-0.4, -0.2) is 89.0 Å². The summed E-state index contributed by atoms with van der Waals surface area (Å²) in [7, 11) is -3.37. The highest BCUT2D eigenvalue weighted by Gasteiger charge is 2.57. The minimum absolute atomic E-state index is 0.0507. The predicted molar refractivity (Wildman–Crippen MR) is 165 cm³/mol. The van der Waals surface area contributed by atoms with Crippen LogP contribution in [0.2, 0.25) is 0 Å². The highest BCUT2D eigenvalue weighted by atomic mass is 32.3. The first-order chi connectivity index (χ1) is 22.1. The van der Waals surface area contributed by atoms with Gasteiger partial charge in [-0.3, -0.25) is 14.9 Å². The fraction of sp³-hybridized carbons (Fsp3) is 0.333. The minimum atomic E-state index is -5.27. The molecule has 3 aromatic rings. The molecular formula is C27H32N8O10S2. The molecule has 1 aromatic carbocycles. The van der Waals surface area contributed by atoms with Crippen molar-refractivity contribution in [2.75, 3.05) is 30.7 Å². The maximum absolute atomic E-state index is 13.2. The van der Waals surface area contributed by atoms with E-state index in [2.05, 4.69) is 25.1 Å². The van der Waals surface area contributed by atoms with Crippen molar-refractivity contribution in [3.05, 3.63) is 53.7 Å². The van der Waals surface area contributed by atoms with Crippen molar-refractivity contribution in [1.82, 2.24) is 15.4 Å². The van der Waals surface area contributed by atoms with E-state index in [0.717, 1.165) is 28.3 Å². The Morgan fingerprint density at radius 3 is 2.53 bits per heavy atom. The van der Waals surface area contributed by atoms with Crippen LogP contribution in [0.1, 0.15) is 19.5 Å². The van der Waals surface area contributed by atoms with Gasteiger partial charge in [-0.05, 0) is 43.2 Å². The molecule has 1 aliphatic heterocycles. The van der Waals surface area contributed by atoms with Gasteiger partial charge in [0.05, 0.1) is 25.3 Å². The predicted octanol–water partition coefficient (Wildman–Crippen LogP) is -0.662. The van der Waals surface area contributed by atoms with E-state index in [1.165, 1.54) is 19.2 Å². The number of carboxylic acids is 1. The highest BCUT2D eigenvalue weighted by molar-refractivity contribution is 7.80. The fourth-order valence-corrected chi connectivity index (χ4v) is 5.32. The summed E-state index contributed by atoms with van der Waals surface area (Å²) in [5.74, 6) is -2.33. The number of aryl methyl sites for hydroxylation is 1. The summed E-state index contributed by atoms with van der Waals surface area (Å²) in [5, 5.41) is 20.7. The summed E-state index contributed by atoms with van der Waals surface area (Å²) in [6.07, 6.45) is 0.213. The third kappa shape index (κ3) is 8.48. The summed E-state index contributed by atoms with van der Waals surface area (Å²) >= 11 is 0.951. The lowest BCUT2D eigenvalue weighted by Gasteiger charge is -2.51. The number of aliphatic carboxylic acids is 1. The SMILES string of the molecule is C[n+]1ccc(-c2ccc(OCC(O/N=C(\C(=O)N[C@@H]3C(=O)N(OS(=O)(=O)[O-])C3(C)C)c3csc(N)n3)C(=O)O)cc2)cc1NCCN. The third-order valence-corrected chi connectivity index (χ3v) is 7.84. The van der Waals surface area contributed by atoms with Crippen LogP contribution in [0.4, 0.5) is 10.9 Å². The topological polar surface area (TPSA) is 265 Å². The van der Waals surface area contributed by atoms with Gasteiger partial charge in [-0.15, -0.1) is 11.3 Å². The number of carboxylic acid groups (broad SMARTS) is 1. The zero-order valence-corrected chi connectivity index (χ0v) is 26.9. The summed E-state index contributed by atoms with van der Waals surface area (Å²) in [6.45, 7) is 3.24. The van der Waals surface area contributed by atoms with Crippen LogP contribution >= 0.6 is 11.3 Å². The van der Waals surface area contributed by atoms with Gasteiger partial charge in [0.25, 0.3) is 23.7 Å². The summed E-state index contributed by atoms with van der Waals surface area (Å²) in [4.78, 5) is 46.8. The molecular weight excluding hydrogens is 660 g/mol. The largest absolute Gasteiger partial charge is 0.724 e. The molecule has 0 saturated carbocycles. The van der Waals surface area contributed by atoms with E-state index in [1.54, 1.807) is 24.3 Å². The number of hydrogen-bond acceptors (Lipinski definition) is 15. The number of carbonyl (C=O) groups is 3. The smallest absolute Gasteiger partial charge is 0.351 e. The summed E-state index contributed by atoms with van der Waals surface area (Å²) in [5.41, 5.74) is 11.0. The third-order valence-electron chi connectivity index (χ3n) is 6.83. The number of nitrogen functional groups attached to an aromatic ring is 1. The standard InChI is InChI=1S/C27H32N8O10S2/c1-27(2)22(24(37)35(27)45-47(40,41)42)32-23(36)21(18-14-46-26(29)31-18)33-44-19(25(38)39)13-43-17-6-4-15(5-7-17)16-8-11-34(3)20(12-16)30-10-9-28/h4-8,11-12,14,19,22H,9-10,13,28H2,1-3H3,(H5,29,31,32,36,38,39,40,41,42)/b33-21-/t19?,22-/m1/s1. The Morgan fingerprint density at radius 2 is 1.96 bits per heavy atom. The van der Waals surface area contributed by atoms with Crippen molar-refractivity contribution in [3.63, 3.8) is 0 Å². The highest BCUT2D eigenvalue weighted by Crippen LogP contribution is 2.33. The number of carbonyl (C=O) groups excluding carboxylic acids is 2. The second-order valence-corrected chi connectivity index (χ2v) is 12.4. The van der Waals surface area contributed by atoms with Crippen LogP contribution in [0.25, 0.3) is 11.1 Å². The molecule has 0 bridgehead atoms. The molecule has 1 unspecified atom stereocenters.